The molecule has 0 spiro atoms. The second kappa shape index (κ2) is 12.9. The van der Waals surface area contributed by atoms with Crippen LogP contribution in [0.2, 0.25) is 0 Å². The van der Waals surface area contributed by atoms with Gasteiger partial charge in [0, 0.05) is 11.8 Å². The molecule has 2 unspecified atom stereocenters. The van der Waals surface area contributed by atoms with Gasteiger partial charge in [0.1, 0.15) is 0 Å². The number of rotatable bonds is 11. The molecular formula is C31H32F4O3. The molecule has 3 nitrogen and oxygen atoms in total. The summed E-state index contributed by atoms with van der Waals surface area (Å²) in [6, 6.07) is 14.0. The maximum Gasteiger partial charge on any atom is 0.204 e. The number of halogens is 4. The van der Waals surface area contributed by atoms with Crippen molar-refractivity contribution in [3.63, 3.8) is 0 Å². The molecule has 0 aliphatic heterocycles. The second-order valence-electron chi connectivity index (χ2n) is 9.29. The molecule has 0 saturated heterocycles. The summed E-state index contributed by atoms with van der Waals surface area (Å²) in [4.78, 5) is 0. The molecule has 202 valence electrons. The Hall–Kier alpha value is -3.48. The quantitative estimate of drug-likeness (QED) is 0.187. The van der Waals surface area contributed by atoms with E-state index in [4.69, 9.17) is 14.2 Å². The average Bonchev–Trinajstić information content (AvgIpc) is 2.94. The Morgan fingerprint density at radius 1 is 0.632 bits per heavy atom. The van der Waals surface area contributed by atoms with Crippen LogP contribution in [-0.4, -0.2) is 19.8 Å². The number of ether oxygens (including phenoxy) is 3. The predicted molar refractivity (Wildman–Crippen MR) is 139 cm³/mol. The minimum Gasteiger partial charge on any atom is -0.491 e. The van der Waals surface area contributed by atoms with Gasteiger partial charge in [-0.2, -0.15) is 13.2 Å². The van der Waals surface area contributed by atoms with Gasteiger partial charge in [0.25, 0.3) is 0 Å². The van der Waals surface area contributed by atoms with Gasteiger partial charge in [-0.15, -0.1) is 0 Å². The normalized spacial score (nSPS) is 16.9. The highest BCUT2D eigenvalue weighted by molar-refractivity contribution is 5.36. The van der Waals surface area contributed by atoms with Crippen LogP contribution in [-0.2, 0) is 12.8 Å². The Morgan fingerprint density at radius 3 is 1.79 bits per heavy atom. The van der Waals surface area contributed by atoms with E-state index in [1.54, 1.807) is 19.9 Å². The van der Waals surface area contributed by atoms with Gasteiger partial charge in [-0.1, -0.05) is 42.5 Å². The average molecular weight is 529 g/mol. The molecule has 0 fully saturated rings. The summed E-state index contributed by atoms with van der Waals surface area (Å²) in [5.41, 5.74) is 2.53. The number of aryl methyl sites for hydroxylation is 2. The maximum absolute atomic E-state index is 14.3. The van der Waals surface area contributed by atoms with Crippen LogP contribution in [0, 0.1) is 29.2 Å². The lowest BCUT2D eigenvalue weighted by Crippen LogP contribution is -2.15. The largest absolute Gasteiger partial charge is 0.491 e. The molecule has 0 bridgehead atoms. The first-order chi connectivity index (χ1) is 18.4. The zero-order valence-electron chi connectivity index (χ0n) is 21.6. The third-order valence-corrected chi connectivity index (χ3v) is 6.75. The maximum atomic E-state index is 14.3. The molecule has 4 rings (SSSR count). The van der Waals surface area contributed by atoms with Gasteiger partial charge in [-0.3, -0.25) is 0 Å². The van der Waals surface area contributed by atoms with E-state index in [1.165, 1.54) is 23.8 Å². The van der Waals surface area contributed by atoms with Crippen molar-refractivity contribution in [1.29, 1.82) is 0 Å². The van der Waals surface area contributed by atoms with Crippen LogP contribution >= 0.6 is 0 Å². The molecule has 2 atom stereocenters. The van der Waals surface area contributed by atoms with E-state index >= 15 is 0 Å². The highest BCUT2D eigenvalue weighted by Gasteiger charge is 2.20. The minimum atomic E-state index is -1.04. The molecule has 0 saturated carbocycles. The third kappa shape index (κ3) is 6.50. The summed E-state index contributed by atoms with van der Waals surface area (Å²) in [7, 11) is 0. The zero-order chi connectivity index (χ0) is 27.1. The van der Waals surface area contributed by atoms with E-state index in [0.29, 0.717) is 18.4 Å². The van der Waals surface area contributed by atoms with Crippen molar-refractivity contribution in [2.75, 3.05) is 19.8 Å². The summed E-state index contributed by atoms with van der Waals surface area (Å²) in [6.07, 6.45) is 6.92. The Balaban J connectivity index is 1.29. The molecule has 0 aromatic heterocycles. The molecule has 0 N–H and O–H groups in total. The van der Waals surface area contributed by atoms with Crippen LogP contribution < -0.4 is 14.2 Å². The van der Waals surface area contributed by atoms with Crippen molar-refractivity contribution in [2.24, 2.45) is 5.92 Å². The lowest BCUT2D eigenvalue weighted by molar-refractivity contribution is 0.243. The summed E-state index contributed by atoms with van der Waals surface area (Å²) in [6.45, 7) is 4.21. The highest BCUT2D eigenvalue weighted by atomic mass is 19.2. The molecule has 0 amide bonds. The van der Waals surface area contributed by atoms with Crippen LogP contribution in [0.25, 0.3) is 0 Å². The van der Waals surface area contributed by atoms with Gasteiger partial charge in [-0.05, 0) is 74.4 Å². The first-order valence-corrected chi connectivity index (χ1v) is 13.0. The lowest BCUT2D eigenvalue weighted by atomic mass is 9.84. The molecule has 0 heterocycles. The molecular weight excluding hydrogens is 496 g/mol. The van der Waals surface area contributed by atoms with E-state index in [1.807, 2.05) is 12.1 Å². The molecule has 3 aromatic rings. The van der Waals surface area contributed by atoms with Crippen molar-refractivity contribution in [1.82, 2.24) is 0 Å². The standard InChI is InChI=1S/C31H32F4O3/c1-3-36-25-16-15-24(28(32)29(25)33)14-7-20-5-10-22(11-6-20)23-12-8-21(9-13-23)19-38-27-18-17-26(37-4-2)30(34)31(27)35/h5-6,8,10-12,15-18,21,23H,3-4,7,9,13-14,19H2,1-2H3. The number of hydrogen-bond acceptors (Lipinski definition) is 3. The fraction of sp³-hybridized carbons (Fsp3) is 0.355. The molecule has 7 heteroatoms. The van der Waals surface area contributed by atoms with Crippen LogP contribution in [0.3, 0.4) is 0 Å². The minimum absolute atomic E-state index is 0.0651. The number of allylic oxidation sites excluding steroid dienone is 1. The zero-order valence-corrected chi connectivity index (χ0v) is 21.6. The summed E-state index contributed by atoms with van der Waals surface area (Å²) < 4.78 is 72.5. The van der Waals surface area contributed by atoms with Crippen LogP contribution in [0.1, 0.15) is 49.3 Å². The molecule has 1 aliphatic rings. The van der Waals surface area contributed by atoms with Gasteiger partial charge in [0.05, 0.1) is 19.8 Å². The SMILES string of the molecule is CCOc1ccc(CCc2ccc(C3C=CC(COc4ccc(OCC)c(F)c4F)CC3)cc2)c(F)c1F. The van der Waals surface area contributed by atoms with Gasteiger partial charge in [0.2, 0.25) is 17.5 Å². The fourth-order valence-corrected chi connectivity index (χ4v) is 4.63. The van der Waals surface area contributed by atoms with Crippen molar-refractivity contribution in [3.05, 3.63) is 101 Å². The van der Waals surface area contributed by atoms with Gasteiger partial charge < -0.3 is 14.2 Å². The van der Waals surface area contributed by atoms with E-state index < -0.39 is 23.3 Å². The van der Waals surface area contributed by atoms with Crippen molar-refractivity contribution in [3.8, 4) is 17.2 Å². The molecule has 1 aliphatic carbocycles. The van der Waals surface area contributed by atoms with Gasteiger partial charge in [-0.25, -0.2) is 4.39 Å². The first-order valence-electron chi connectivity index (χ1n) is 13.0. The summed E-state index contributed by atoms with van der Waals surface area (Å²) in [5.74, 6) is -3.83. The van der Waals surface area contributed by atoms with Crippen LogP contribution in [0.4, 0.5) is 17.6 Å². The fourth-order valence-electron chi connectivity index (χ4n) is 4.63. The molecule has 3 aromatic carbocycles. The molecule has 0 radical (unpaired) electrons. The Morgan fingerprint density at radius 2 is 1.21 bits per heavy atom. The third-order valence-electron chi connectivity index (χ3n) is 6.75. The van der Waals surface area contributed by atoms with Gasteiger partial charge >= 0.3 is 0 Å². The summed E-state index contributed by atoms with van der Waals surface area (Å²) >= 11 is 0. The van der Waals surface area contributed by atoms with Crippen LogP contribution in [0.15, 0.2) is 60.7 Å². The van der Waals surface area contributed by atoms with Gasteiger partial charge in [0.15, 0.2) is 23.1 Å². The van der Waals surface area contributed by atoms with E-state index in [2.05, 4.69) is 24.3 Å². The predicted octanol–water partition coefficient (Wildman–Crippen LogP) is 7.95. The second-order valence-corrected chi connectivity index (χ2v) is 9.29. The monoisotopic (exact) mass is 528 g/mol. The first kappa shape index (κ1) is 27.6. The van der Waals surface area contributed by atoms with Crippen molar-refractivity contribution in [2.45, 2.75) is 45.4 Å². The van der Waals surface area contributed by atoms with Crippen molar-refractivity contribution >= 4 is 0 Å². The summed E-state index contributed by atoms with van der Waals surface area (Å²) in [5, 5.41) is 0. The molecule has 38 heavy (non-hydrogen) atoms. The van der Waals surface area contributed by atoms with Crippen molar-refractivity contribution < 1.29 is 31.8 Å². The van der Waals surface area contributed by atoms with Crippen LogP contribution in [0.5, 0.6) is 17.2 Å². The van der Waals surface area contributed by atoms with E-state index in [-0.39, 0.29) is 48.9 Å². The Bertz CT molecular complexity index is 1260. The highest BCUT2D eigenvalue weighted by Crippen LogP contribution is 2.33. The Labute approximate surface area is 221 Å². The topological polar surface area (TPSA) is 27.7 Å². The number of benzene rings is 3. The Kier molecular flexibility index (Phi) is 9.32. The number of hydrogen-bond donors (Lipinski definition) is 0. The van der Waals surface area contributed by atoms with E-state index in [9.17, 15) is 17.6 Å². The smallest absolute Gasteiger partial charge is 0.204 e. The van der Waals surface area contributed by atoms with E-state index in [0.717, 1.165) is 18.4 Å². The lowest BCUT2D eigenvalue weighted by Gasteiger charge is -2.23.